The lowest BCUT2D eigenvalue weighted by Crippen LogP contribution is -2.08. The molecule has 1 aliphatic rings. The molecule has 0 spiro atoms. The summed E-state index contributed by atoms with van der Waals surface area (Å²) >= 11 is 1.96. The smallest absolute Gasteiger partial charge is 0.126 e. The molecule has 2 heterocycles. The van der Waals surface area contributed by atoms with E-state index in [1.807, 2.05) is 18.0 Å². The van der Waals surface area contributed by atoms with Crippen LogP contribution in [0.25, 0.3) is 0 Å². The fourth-order valence-electron chi connectivity index (χ4n) is 2.42. The number of aryl methyl sites for hydroxylation is 1. The van der Waals surface area contributed by atoms with Crippen LogP contribution in [0, 0.1) is 6.92 Å². The fraction of sp³-hybridized carbons (Fsp3) is 0.267. The minimum Gasteiger partial charge on any atom is -0.383 e. The molecule has 0 fully saturated rings. The van der Waals surface area contributed by atoms with Crippen LogP contribution < -0.4 is 5.73 Å². The van der Waals surface area contributed by atoms with E-state index in [1.54, 1.807) is 0 Å². The van der Waals surface area contributed by atoms with Gasteiger partial charge in [0.2, 0.25) is 0 Å². The lowest BCUT2D eigenvalue weighted by Gasteiger charge is -2.10. The summed E-state index contributed by atoms with van der Waals surface area (Å²) in [5.41, 5.74) is 9.78. The maximum Gasteiger partial charge on any atom is 0.126 e. The standard InChI is InChI=1S/C15H16N2S/c1-10-6-12(15(16)17-9-10)8-13-7-11-4-2-3-5-14(11)18-13/h2-6,9,13H,7-8H2,1H3,(H2,16,17). The Morgan fingerprint density at radius 2 is 2.22 bits per heavy atom. The molecule has 3 heteroatoms. The van der Waals surface area contributed by atoms with Crippen molar-refractivity contribution >= 4 is 17.6 Å². The summed E-state index contributed by atoms with van der Waals surface area (Å²) in [7, 11) is 0. The van der Waals surface area contributed by atoms with Crippen LogP contribution in [0.4, 0.5) is 5.82 Å². The molecule has 0 bridgehead atoms. The molecule has 1 aliphatic heterocycles. The van der Waals surface area contributed by atoms with Crippen LogP contribution in [0.3, 0.4) is 0 Å². The second-order valence-corrected chi connectivity index (χ2v) is 6.16. The lowest BCUT2D eigenvalue weighted by molar-refractivity contribution is 0.853. The molecule has 3 rings (SSSR count). The highest BCUT2D eigenvalue weighted by Gasteiger charge is 2.22. The van der Waals surface area contributed by atoms with Crippen molar-refractivity contribution in [2.75, 3.05) is 5.73 Å². The molecule has 0 amide bonds. The molecule has 18 heavy (non-hydrogen) atoms. The van der Waals surface area contributed by atoms with Gasteiger partial charge in [-0.1, -0.05) is 24.3 Å². The van der Waals surface area contributed by atoms with Crippen molar-refractivity contribution in [1.82, 2.24) is 4.98 Å². The van der Waals surface area contributed by atoms with Crippen molar-refractivity contribution in [3.63, 3.8) is 0 Å². The number of pyridine rings is 1. The molecule has 2 N–H and O–H groups in total. The highest BCUT2D eigenvalue weighted by atomic mass is 32.2. The first-order valence-corrected chi connectivity index (χ1v) is 7.06. The summed E-state index contributed by atoms with van der Waals surface area (Å²) in [4.78, 5) is 5.66. The van der Waals surface area contributed by atoms with E-state index >= 15 is 0 Å². The van der Waals surface area contributed by atoms with Crippen LogP contribution in [0.15, 0.2) is 41.4 Å². The van der Waals surface area contributed by atoms with Crippen LogP contribution in [-0.2, 0) is 12.8 Å². The van der Waals surface area contributed by atoms with E-state index in [2.05, 4.69) is 42.2 Å². The van der Waals surface area contributed by atoms with Crippen LogP contribution in [0.5, 0.6) is 0 Å². The van der Waals surface area contributed by atoms with Gasteiger partial charge in [0, 0.05) is 16.3 Å². The largest absolute Gasteiger partial charge is 0.383 e. The Morgan fingerprint density at radius 1 is 1.39 bits per heavy atom. The summed E-state index contributed by atoms with van der Waals surface area (Å²) in [5.74, 6) is 0.678. The topological polar surface area (TPSA) is 38.9 Å². The molecule has 1 atom stereocenters. The van der Waals surface area contributed by atoms with Gasteiger partial charge in [-0.2, -0.15) is 0 Å². The molecular weight excluding hydrogens is 240 g/mol. The van der Waals surface area contributed by atoms with E-state index in [4.69, 9.17) is 5.73 Å². The number of thioether (sulfide) groups is 1. The number of nitrogen functional groups attached to an aromatic ring is 1. The van der Waals surface area contributed by atoms with Crippen molar-refractivity contribution in [2.45, 2.75) is 29.9 Å². The van der Waals surface area contributed by atoms with Gasteiger partial charge < -0.3 is 5.73 Å². The van der Waals surface area contributed by atoms with Gasteiger partial charge in [-0.3, -0.25) is 0 Å². The van der Waals surface area contributed by atoms with Crippen LogP contribution >= 0.6 is 11.8 Å². The van der Waals surface area contributed by atoms with Gasteiger partial charge in [-0.25, -0.2) is 4.98 Å². The Morgan fingerprint density at radius 3 is 3.06 bits per heavy atom. The summed E-state index contributed by atoms with van der Waals surface area (Å²) in [6.45, 7) is 2.06. The number of aromatic nitrogens is 1. The van der Waals surface area contributed by atoms with Crippen molar-refractivity contribution in [1.29, 1.82) is 0 Å². The molecule has 1 aromatic heterocycles. The van der Waals surface area contributed by atoms with Gasteiger partial charge in [0.25, 0.3) is 0 Å². The second kappa shape index (κ2) is 4.65. The van der Waals surface area contributed by atoms with Gasteiger partial charge in [0.05, 0.1) is 0 Å². The Bertz CT molecular complexity index is 555. The number of benzene rings is 1. The van der Waals surface area contributed by atoms with Crippen LogP contribution in [-0.4, -0.2) is 10.2 Å². The minimum atomic E-state index is 0.591. The average Bonchev–Trinajstić information content (AvgIpc) is 2.76. The zero-order chi connectivity index (χ0) is 12.5. The predicted octanol–water partition coefficient (Wildman–Crippen LogP) is 3.23. The highest BCUT2D eigenvalue weighted by Crippen LogP contribution is 2.38. The Kier molecular flexibility index (Phi) is 3.00. The monoisotopic (exact) mass is 256 g/mol. The first kappa shape index (κ1) is 11.6. The molecule has 0 saturated carbocycles. The zero-order valence-electron chi connectivity index (χ0n) is 10.4. The average molecular weight is 256 g/mol. The fourth-order valence-corrected chi connectivity index (χ4v) is 3.76. The van der Waals surface area contributed by atoms with Gasteiger partial charge >= 0.3 is 0 Å². The summed E-state index contributed by atoms with van der Waals surface area (Å²) in [5, 5.41) is 0.591. The number of hydrogen-bond acceptors (Lipinski definition) is 3. The maximum absolute atomic E-state index is 5.95. The third-order valence-corrected chi connectivity index (χ3v) is 4.62. The number of fused-ring (bicyclic) bond motifs is 1. The molecule has 92 valence electrons. The third kappa shape index (κ3) is 2.23. The molecule has 0 saturated heterocycles. The van der Waals surface area contributed by atoms with E-state index in [-0.39, 0.29) is 0 Å². The first-order chi connectivity index (χ1) is 8.72. The van der Waals surface area contributed by atoms with Crippen molar-refractivity contribution in [3.05, 3.63) is 53.2 Å². The molecular formula is C15H16N2S. The Labute approximate surface area is 112 Å². The van der Waals surface area contributed by atoms with Gasteiger partial charge in [0.1, 0.15) is 5.82 Å². The van der Waals surface area contributed by atoms with E-state index in [1.165, 1.54) is 21.6 Å². The number of hydrogen-bond donors (Lipinski definition) is 1. The van der Waals surface area contributed by atoms with Gasteiger partial charge in [-0.15, -0.1) is 11.8 Å². The SMILES string of the molecule is Cc1cnc(N)c(CC2Cc3ccccc3S2)c1. The lowest BCUT2D eigenvalue weighted by atomic mass is 10.0. The van der Waals surface area contributed by atoms with Crippen LogP contribution in [0.1, 0.15) is 16.7 Å². The molecule has 0 aliphatic carbocycles. The van der Waals surface area contributed by atoms with E-state index in [9.17, 15) is 0 Å². The summed E-state index contributed by atoms with van der Waals surface area (Å²) in [6.07, 6.45) is 3.96. The molecule has 1 aromatic carbocycles. The maximum atomic E-state index is 5.95. The highest BCUT2D eigenvalue weighted by molar-refractivity contribution is 8.00. The van der Waals surface area contributed by atoms with E-state index < -0.39 is 0 Å². The van der Waals surface area contributed by atoms with Gasteiger partial charge in [0.15, 0.2) is 0 Å². The molecule has 2 aromatic rings. The zero-order valence-corrected chi connectivity index (χ0v) is 11.2. The summed E-state index contributed by atoms with van der Waals surface area (Å²) < 4.78 is 0. The second-order valence-electron chi connectivity index (χ2n) is 4.81. The molecule has 2 nitrogen and oxygen atoms in total. The normalized spacial score (nSPS) is 17.7. The number of nitrogens with zero attached hydrogens (tertiary/aromatic N) is 1. The first-order valence-electron chi connectivity index (χ1n) is 6.18. The van der Waals surface area contributed by atoms with E-state index in [0.29, 0.717) is 11.1 Å². The van der Waals surface area contributed by atoms with E-state index in [0.717, 1.165) is 12.8 Å². The predicted molar refractivity (Wildman–Crippen MR) is 76.9 cm³/mol. The number of rotatable bonds is 2. The third-order valence-electron chi connectivity index (χ3n) is 3.30. The van der Waals surface area contributed by atoms with Crippen molar-refractivity contribution < 1.29 is 0 Å². The number of nitrogens with two attached hydrogens (primary N) is 1. The minimum absolute atomic E-state index is 0.591. The molecule has 0 radical (unpaired) electrons. The quantitative estimate of drug-likeness (QED) is 0.896. The summed E-state index contributed by atoms with van der Waals surface area (Å²) in [6, 6.07) is 10.8. The van der Waals surface area contributed by atoms with Crippen molar-refractivity contribution in [2.24, 2.45) is 0 Å². The Balaban J connectivity index is 1.78. The molecule has 1 unspecified atom stereocenters. The van der Waals surface area contributed by atoms with Crippen LogP contribution in [0.2, 0.25) is 0 Å². The number of anilines is 1. The Hall–Kier alpha value is -1.48. The van der Waals surface area contributed by atoms with Crippen molar-refractivity contribution in [3.8, 4) is 0 Å². The van der Waals surface area contributed by atoms with Gasteiger partial charge in [-0.05, 0) is 42.5 Å².